The number of carbonyl (C=O) groups excluding carboxylic acids is 1. The van der Waals surface area contributed by atoms with E-state index in [9.17, 15) is 9.18 Å². The van der Waals surface area contributed by atoms with Gasteiger partial charge in [0.2, 0.25) is 0 Å². The molecule has 0 fully saturated rings. The first-order valence-electron chi connectivity index (χ1n) is 5.61. The number of hydrogen-bond acceptors (Lipinski definition) is 4. The quantitative estimate of drug-likeness (QED) is 0.658. The van der Waals surface area contributed by atoms with E-state index in [0.717, 1.165) is 6.07 Å². The third-order valence-corrected chi connectivity index (χ3v) is 2.62. The van der Waals surface area contributed by atoms with Crippen LogP contribution in [0.4, 0.5) is 21.5 Å². The van der Waals surface area contributed by atoms with Gasteiger partial charge >= 0.3 is 5.97 Å². The molecular weight excluding hydrogens is 247 g/mol. The van der Waals surface area contributed by atoms with Crippen LogP contribution in [0.3, 0.4) is 0 Å². The number of esters is 1. The van der Waals surface area contributed by atoms with Gasteiger partial charge < -0.3 is 15.8 Å². The van der Waals surface area contributed by atoms with Crippen molar-refractivity contribution in [3.8, 4) is 0 Å². The fraction of sp³-hybridized carbons (Fsp3) is 0.0714. The number of methoxy groups -OCH3 is 1. The maximum atomic E-state index is 13.2. The molecule has 5 heteroatoms. The van der Waals surface area contributed by atoms with Crippen molar-refractivity contribution in [1.82, 2.24) is 0 Å². The smallest absolute Gasteiger partial charge is 0.340 e. The molecule has 2 aromatic rings. The van der Waals surface area contributed by atoms with Gasteiger partial charge in [-0.05, 0) is 30.3 Å². The highest BCUT2D eigenvalue weighted by Gasteiger charge is 2.13. The minimum atomic E-state index is -0.614. The normalized spacial score (nSPS) is 10.0. The van der Waals surface area contributed by atoms with Crippen molar-refractivity contribution in [2.75, 3.05) is 18.2 Å². The van der Waals surface area contributed by atoms with E-state index in [4.69, 9.17) is 5.73 Å². The zero-order chi connectivity index (χ0) is 13.8. The van der Waals surface area contributed by atoms with Crippen LogP contribution in [0.25, 0.3) is 0 Å². The molecule has 4 nitrogen and oxygen atoms in total. The fourth-order valence-corrected chi connectivity index (χ4v) is 1.66. The summed E-state index contributed by atoms with van der Waals surface area (Å²) in [5.41, 5.74) is 7.53. The number of rotatable bonds is 3. The molecule has 2 aromatic carbocycles. The Labute approximate surface area is 110 Å². The van der Waals surface area contributed by atoms with Crippen molar-refractivity contribution in [3.63, 3.8) is 0 Å². The molecule has 0 atom stereocenters. The molecule has 0 spiro atoms. The van der Waals surface area contributed by atoms with Crippen molar-refractivity contribution < 1.29 is 13.9 Å². The molecule has 0 saturated carbocycles. The summed E-state index contributed by atoms with van der Waals surface area (Å²) in [4.78, 5) is 11.6. The molecule has 0 aliphatic carbocycles. The van der Waals surface area contributed by atoms with Gasteiger partial charge in [-0.1, -0.05) is 12.1 Å². The van der Waals surface area contributed by atoms with E-state index in [1.54, 1.807) is 24.3 Å². The van der Waals surface area contributed by atoms with E-state index in [-0.39, 0.29) is 5.56 Å². The Morgan fingerprint density at radius 3 is 2.63 bits per heavy atom. The summed E-state index contributed by atoms with van der Waals surface area (Å²) in [6.07, 6.45) is 0. The van der Waals surface area contributed by atoms with E-state index in [0.29, 0.717) is 17.1 Å². The fourth-order valence-electron chi connectivity index (χ4n) is 1.66. The average molecular weight is 260 g/mol. The number of hydrogen-bond donors (Lipinski definition) is 2. The summed E-state index contributed by atoms with van der Waals surface area (Å²) in [6.45, 7) is 0. The minimum Gasteiger partial charge on any atom is -0.465 e. The van der Waals surface area contributed by atoms with Crippen molar-refractivity contribution in [2.45, 2.75) is 0 Å². The largest absolute Gasteiger partial charge is 0.465 e. The second-order valence-corrected chi connectivity index (χ2v) is 3.89. The van der Waals surface area contributed by atoms with E-state index >= 15 is 0 Å². The highest BCUT2D eigenvalue weighted by Crippen LogP contribution is 2.26. The van der Waals surface area contributed by atoms with Gasteiger partial charge in [0, 0.05) is 0 Å². The van der Waals surface area contributed by atoms with Crippen LogP contribution in [-0.4, -0.2) is 13.1 Å². The molecule has 0 saturated heterocycles. The topological polar surface area (TPSA) is 64.3 Å². The summed E-state index contributed by atoms with van der Waals surface area (Å²) in [5, 5.41) is 2.99. The summed E-state index contributed by atoms with van der Waals surface area (Å²) in [6, 6.07) is 10.9. The average Bonchev–Trinajstić information content (AvgIpc) is 2.42. The van der Waals surface area contributed by atoms with Crippen LogP contribution >= 0.6 is 0 Å². The Hall–Kier alpha value is -2.56. The van der Waals surface area contributed by atoms with Crippen molar-refractivity contribution >= 4 is 23.0 Å². The molecule has 0 bridgehead atoms. The standard InChI is InChI=1S/C14H13FN2O2/c1-19-14(18)10-8-9(15)6-7-12(10)17-13-5-3-2-4-11(13)16/h2-8,17H,16H2,1H3. The van der Waals surface area contributed by atoms with Gasteiger partial charge in [-0.25, -0.2) is 9.18 Å². The lowest BCUT2D eigenvalue weighted by Gasteiger charge is -2.12. The molecule has 0 aromatic heterocycles. The van der Waals surface area contributed by atoms with Crippen molar-refractivity contribution in [1.29, 1.82) is 0 Å². The van der Waals surface area contributed by atoms with E-state index < -0.39 is 11.8 Å². The van der Waals surface area contributed by atoms with Gasteiger partial charge in [-0.15, -0.1) is 0 Å². The number of nitrogen functional groups attached to an aromatic ring is 1. The van der Waals surface area contributed by atoms with Gasteiger partial charge in [-0.2, -0.15) is 0 Å². The minimum absolute atomic E-state index is 0.116. The van der Waals surface area contributed by atoms with Gasteiger partial charge in [0.25, 0.3) is 0 Å². The van der Waals surface area contributed by atoms with Gasteiger partial charge in [0.15, 0.2) is 0 Å². The summed E-state index contributed by atoms with van der Waals surface area (Å²) >= 11 is 0. The Morgan fingerprint density at radius 2 is 1.95 bits per heavy atom. The first kappa shape index (κ1) is 12.9. The van der Waals surface area contributed by atoms with Crippen LogP contribution in [0.1, 0.15) is 10.4 Å². The Bertz CT molecular complexity index is 614. The first-order valence-corrected chi connectivity index (χ1v) is 5.61. The van der Waals surface area contributed by atoms with E-state index in [1.165, 1.54) is 19.2 Å². The first-order chi connectivity index (χ1) is 9.11. The van der Waals surface area contributed by atoms with Crippen molar-refractivity contribution in [3.05, 3.63) is 53.8 Å². The zero-order valence-corrected chi connectivity index (χ0v) is 10.3. The lowest BCUT2D eigenvalue weighted by Crippen LogP contribution is -2.07. The number of ether oxygens (including phenoxy) is 1. The lowest BCUT2D eigenvalue weighted by molar-refractivity contribution is 0.0601. The lowest BCUT2D eigenvalue weighted by atomic mass is 10.1. The maximum Gasteiger partial charge on any atom is 0.340 e. The molecule has 3 N–H and O–H groups in total. The van der Waals surface area contributed by atoms with E-state index in [2.05, 4.69) is 10.1 Å². The number of halogens is 1. The number of anilines is 3. The van der Waals surface area contributed by atoms with Crippen molar-refractivity contribution in [2.24, 2.45) is 0 Å². The molecule has 0 radical (unpaired) electrons. The Balaban J connectivity index is 2.40. The molecule has 0 unspecified atom stereocenters. The molecule has 19 heavy (non-hydrogen) atoms. The second kappa shape index (κ2) is 5.39. The van der Waals surface area contributed by atoms with Gasteiger partial charge in [0.1, 0.15) is 5.82 Å². The third-order valence-electron chi connectivity index (χ3n) is 2.62. The monoisotopic (exact) mass is 260 g/mol. The van der Waals surface area contributed by atoms with Gasteiger partial charge in [0.05, 0.1) is 29.7 Å². The van der Waals surface area contributed by atoms with Gasteiger partial charge in [-0.3, -0.25) is 0 Å². The number of nitrogens with one attached hydrogen (secondary N) is 1. The molecule has 0 amide bonds. The highest BCUT2D eigenvalue weighted by atomic mass is 19.1. The number of nitrogens with two attached hydrogens (primary N) is 1. The number of benzene rings is 2. The molecule has 2 rings (SSSR count). The molecular formula is C14H13FN2O2. The molecule has 0 aliphatic heterocycles. The van der Waals surface area contributed by atoms with E-state index in [1.807, 2.05) is 0 Å². The third kappa shape index (κ3) is 2.82. The second-order valence-electron chi connectivity index (χ2n) is 3.89. The maximum absolute atomic E-state index is 13.2. The SMILES string of the molecule is COC(=O)c1cc(F)ccc1Nc1ccccc1N. The Morgan fingerprint density at radius 1 is 1.21 bits per heavy atom. The summed E-state index contributed by atoms with van der Waals surface area (Å²) < 4.78 is 17.8. The van der Waals surface area contributed by atoms with Crippen LogP contribution in [0.2, 0.25) is 0 Å². The molecule has 0 heterocycles. The summed E-state index contributed by atoms with van der Waals surface area (Å²) in [5.74, 6) is -1.12. The molecule has 0 aliphatic rings. The predicted octanol–water partition coefficient (Wildman–Crippen LogP) is 2.94. The van der Waals surface area contributed by atoms with Crippen LogP contribution < -0.4 is 11.1 Å². The van der Waals surface area contributed by atoms with Crippen LogP contribution in [0, 0.1) is 5.82 Å². The summed E-state index contributed by atoms with van der Waals surface area (Å²) in [7, 11) is 1.24. The molecule has 98 valence electrons. The highest BCUT2D eigenvalue weighted by molar-refractivity contribution is 5.97. The number of para-hydroxylation sites is 2. The predicted molar refractivity (Wildman–Crippen MR) is 71.9 cm³/mol. The van der Waals surface area contributed by atoms with Crippen LogP contribution in [-0.2, 0) is 4.74 Å². The van der Waals surface area contributed by atoms with Crippen LogP contribution in [0.15, 0.2) is 42.5 Å². The zero-order valence-electron chi connectivity index (χ0n) is 10.3. The van der Waals surface area contributed by atoms with Crippen LogP contribution in [0.5, 0.6) is 0 Å². The number of carbonyl (C=O) groups is 1. The Kier molecular flexibility index (Phi) is 3.66.